The minimum Gasteiger partial charge on any atom is -0.237 e. The van der Waals surface area contributed by atoms with Crippen molar-refractivity contribution in [3.05, 3.63) is 186 Å². The van der Waals surface area contributed by atoms with Gasteiger partial charge in [0, 0.05) is 11.1 Å². The maximum absolute atomic E-state index is 15.6. The molecule has 5 aromatic rings. The van der Waals surface area contributed by atoms with Crippen molar-refractivity contribution in [3.8, 4) is 24.3 Å². The third-order valence-electron chi connectivity index (χ3n) is 9.38. The van der Waals surface area contributed by atoms with Crippen LogP contribution in [0.4, 0.5) is 43.9 Å². The molecular weight excluding hydrogens is 806 g/mol. The van der Waals surface area contributed by atoms with Crippen LogP contribution in [0, 0.1) is 117 Å². The van der Waals surface area contributed by atoms with Crippen LogP contribution in [-0.2, 0) is 0 Å². The number of nitrogens with zero attached hydrogens (tertiary/aromatic N) is 8. The van der Waals surface area contributed by atoms with Gasteiger partial charge < -0.3 is 0 Å². The van der Waals surface area contributed by atoms with Gasteiger partial charge in [0.2, 0.25) is 11.4 Å². The van der Waals surface area contributed by atoms with Crippen LogP contribution in [0.1, 0.15) is 55.6 Å². The highest BCUT2D eigenvalue weighted by Crippen LogP contribution is 2.60. The van der Waals surface area contributed by atoms with E-state index in [0.717, 1.165) is 48.5 Å². The standard InChI is InChI=1S/C42H8F10N8/c1-57-37-24(16-5-9-18(44)10-6-16)26(22(14-56)30-33(45)39(49)59-40(50)34(30)46)28-20(12-54)25-19(11-53)23(15-3-7-17(43)8-4-15)31(27(25)21(13-55)29(28)37)38(58-2)32-35(47)41(51)60-42(52)36(32)48/h3-10H/b26-22+,38-31-. The normalized spacial score (nSPS) is 14.3. The molecule has 0 bridgehead atoms. The first-order valence-corrected chi connectivity index (χ1v) is 16.2. The third kappa shape index (κ3) is 5.56. The highest BCUT2D eigenvalue weighted by Gasteiger charge is 2.45. The zero-order chi connectivity index (χ0) is 43.5. The Morgan fingerprint density at radius 3 is 1.37 bits per heavy atom. The first-order valence-electron chi connectivity index (χ1n) is 16.2. The van der Waals surface area contributed by atoms with E-state index in [9.17, 15) is 47.4 Å². The smallest absolute Gasteiger partial charge is 0.237 e. The topological polar surface area (TPSA) is 130 Å². The van der Waals surface area contributed by atoms with Crippen molar-refractivity contribution in [1.29, 1.82) is 21.0 Å². The van der Waals surface area contributed by atoms with Gasteiger partial charge in [-0.05, 0) is 68.8 Å². The summed E-state index contributed by atoms with van der Waals surface area (Å²) in [7, 11) is 0. The molecule has 2 aliphatic rings. The molecule has 3 aromatic carbocycles. The number of halogens is 10. The van der Waals surface area contributed by atoms with Gasteiger partial charge in [-0.2, -0.15) is 48.6 Å². The monoisotopic (exact) mass is 814 g/mol. The van der Waals surface area contributed by atoms with Crippen molar-refractivity contribution >= 4 is 44.8 Å². The molecule has 0 saturated carbocycles. The van der Waals surface area contributed by atoms with Crippen molar-refractivity contribution in [2.75, 3.05) is 0 Å². The van der Waals surface area contributed by atoms with E-state index in [-0.39, 0.29) is 11.1 Å². The lowest BCUT2D eigenvalue weighted by molar-refractivity contribution is 0.404. The SMILES string of the molecule is [C-]#[N+]C1=C(c2ccc(F)cc2)/C(=C(/C#N)c2c(F)c(F)nc(F)c2F)c2c(C#N)c3c(c(C#N)c21)/C(=C(\[N+]#[C-])c1c(F)c(F)nc(F)c1F)C(c1ccc(F)cc1)=C3C#N. The summed E-state index contributed by atoms with van der Waals surface area (Å²) in [6, 6.07) is 13.8. The average molecular weight is 815 g/mol. The second kappa shape index (κ2) is 14.6. The summed E-state index contributed by atoms with van der Waals surface area (Å²) in [6.45, 7) is 16.3. The summed E-state index contributed by atoms with van der Waals surface area (Å²) < 4.78 is 149. The van der Waals surface area contributed by atoms with Gasteiger partial charge in [-0.15, -0.1) is 0 Å². The molecule has 0 N–H and O–H groups in total. The lowest BCUT2D eigenvalue weighted by atomic mass is 9.82. The van der Waals surface area contributed by atoms with E-state index in [0.29, 0.717) is 0 Å². The van der Waals surface area contributed by atoms with E-state index in [4.69, 9.17) is 13.1 Å². The molecule has 18 heteroatoms. The second-order valence-corrected chi connectivity index (χ2v) is 12.3. The zero-order valence-corrected chi connectivity index (χ0v) is 29.0. The summed E-state index contributed by atoms with van der Waals surface area (Å²) in [5, 5.41) is 43.2. The predicted molar refractivity (Wildman–Crippen MR) is 188 cm³/mol. The Hall–Kier alpha value is -8.84. The van der Waals surface area contributed by atoms with E-state index < -0.39 is 148 Å². The first-order chi connectivity index (χ1) is 28.7. The van der Waals surface area contributed by atoms with Crippen molar-refractivity contribution in [2.24, 2.45) is 0 Å². The number of nitriles is 4. The molecule has 2 aromatic heterocycles. The predicted octanol–water partition coefficient (Wildman–Crippen LogP) is 10.1. The van der Waals surface area contributed by atoms with E-state index in [1.165, 1.54) is 6.07 Å². The fourth-order valence-corrected chi connectivity index (χ4v) is 7.09. The van der Waals surface area contributed by atoms with Crippen molar-refractivity contribution in [3.63, 3.8) is 0 Å². The van der Waals surface area contributed by atoms with E-state index in [2.05, 4.69) is 19.7 Å². The quantitative estimate of drug-likeness (QED) is 0.0769. The van der Waals surface area contributed by atoms with Crippen LogP contribution in [-0.4, -0.2) is 9.97 Å². The van der Waals surface area contributed by atoms with Crippen LogP contribution in [0.5, 0.6) is 0 Å². The van der Waals surface area contributed by atoms with Gasteiger partial charge in [-0.25, -0.2) is 36.0 Å². The summed E-state index contributed by atoms with van der Waals surface area (Å²) >= 11 is 0. The van der Waals surface area contributed by atoms with Gasteiger partial charge >= 0.3 is 0 Å². The second-order valence-electron chi connectivity index (χ2n) is 12.3. The minimum absolute atomic E-state index is 0.266. The Bertz CT molecular complexity index is 2980. The van der Waals surface area contributed by atoms with Gasteiger partial charge in [0.1, 0.15) is 29.8 Å². The van der Waals surface area contributed by atoms with E-state index in [1.807, 2.05) is 0 Å². The summed E-state index contributed by atoms with van der Waals surface area (Å²) in [4.78, 5) is 11.5. The Morgan fingerprint density at radius 2 is 0.950 bits per heavy atom. The minimum atomic E-state index is -2.25. The summed E-state index contributed by atoms with van der Waals surface area (Å²) in [6.07, 6.45) is 0. The molecule has 8 nitrogen and oxygen atoms in total. The van der Waals surface area contributed by atoms with Crippen molar-refractivity contribution < 1.29 is 43.9 Å². The number of pyridine rings is 2. The van der Waals surface area contributed by atoms with Crippen LogP contribution in [0.25, 0.3) is 54.5 Å². The summed E-state index contributed by atoms with van der Waals surface area (Å²) in [5.41, 5.74) is -15.8. The van der Waals surface area contributed by atoms with Crippen molar-refractivity contribution in [2.45, 2.75) is 0 Å². The van der Waals surface area contributed by atoms with Gasteiger partial charge in [0.15, 0.2) is 23.3 Å². The molecule has 2 heterocycles. The molecular formula is C42H8F10N8. The van der Waals surface area contributed by atoms with Gasteiger partial charge in [-0.1, -0.05) is 24.3 Å². The summed E-state index contributed by atoms with van der Waals surface area (Å²) in [5.74, 6) is -19.7. The van der Waals surface area contributed by atoms with Crippen LogP contribution in [0.3, 0.4) is 0 Å². The number of hydrogen-bond acceptors (Lipinski definition) is 6. The molecule has 0 fully saturated rings. The Kier molecular flexibility index (Phi) is 9.58. The molecule has 0 saturated heterocycles. The molecule has 0 spiro atoms. The Morgan fingerprint density at radius 1 is 0.517 bits per heavy atom. The molecule has 60 heavy (non-hydrogen) atoms. The Balaban J connectivity index is 1.83. The van der Waals surface area contributed by atoms with Crippen LogP contribution < -0.4 is 0 Å². The number of benzene rings is 3. The molecule has 0 atom stereocenters. The fourth-order valence-electron chi connectivity index (χ4n) is 7.09. The molecule has 0 unspecified atom stereocenters. The van der Waals surface area contributed by atoms with Crippen molar-refractivity contribution in [1.82, 2.24) is 9.97 Å². The first kappa shape index (κ1) is 39.4. The molecule has 7 rings (SSSR count). The average Bonchev–Trinajstić information content (AvgIpc) is 3.75. The lowest BCUT2D eigenvalue weighted by Gasteiger charge is -2.19. The maximum atomic E-state index is 15.6. The number of rotatable bonds is 4. The van der Waals surface area contributed by atoms with Crippen LogP contribution in [0.2, 0.25) is 0 Å². The Labute approximate surface area is 329 Å². The number of allylic oxidation sites excluding steroid dienone is 6. The zero-order valence-electron chi connectivity index (χ0n) is 29.0. The molecule has 0 radical (unpaired) electrons. The van der Waals surface area contributed by atoms with E-state index in [1.54, 1.807) is 18.2 Å². The highest BCUT2D eigenvalue weighted by atomic mass is 19.2. The van der Waals surface area contributed by atoms with Crippen LogP contribution >= 0.6 is 0 Å². The van der Waals surface area contributed by atoms with Crippen LogP contribution in [0.15, 0.2) is 48.5 Å². The van der Waals surface area contributed by atoms with Gasteiger partial charge in [0.05, 0.1) is 52.6 Å². The number of aromatic nitrogens is 2. The number of fused-ring (bicyclic) bond motifs is 2. The van der Waals surface area contributed by atoms with Gasteiger partial charge in [-0.3, -0.25) is 0 Å². The molecule has 0 aliphatic heterocycles. The number of hydrogen-bond donors (Lipinski definition) is 0. The third-order valence-corrected chi connectivity index (χ3v) is 9.38. The van der Waals surface area contributed by atoms with E-state index >= 15 is 17.6 Å². The largest absolute Gasteiger partial charge is 0.252 e. The highest BCUT2D eigenvalue weighted by molar-refractivity contribution is 6.35. The fraction of sp³-hybridized carbons (Fsp3) is 0. The molecule has 286 valence electrons. The maximum Gasteiger partial charge on any atom is 0.252 e. The molecule has 2 aliphatic carbocycles. The molecule has 0 amide bonds. The van der Waals surface area contributed by atoms with Gasteiger partial charge in [0.25, 0.3) is 23.8 Å². The lowest BCUT2D eigenvalue weighted by Crippen LogP contribution is -2.09.